The maximum Gasteiger partial charge on any atom is 0.0867 e. The molecule has 3 heteroatoms. The van der Waals surface area contributed by atoms with Crippen molar-refractivity contribution in [2.75, 3.05) is 13.7 Å². The van der Waals surface area contributed by atoms with Crippen LogP contribution in [0.1, 0.15) is 45.2 Å². The van der Waals surface area contributed by atoms with Crippen molar-refractivity contribution in [3.05, 3.63) is 34.9 Å². The van der Waals surface area contributed by atoms with Crippen LogP contribution >= 0.6 is 11.6 Å². The van der Waals surface area contributed by atoms with Gasteiger partial charge in [0, 0.05) is 12.1 Å². The first-order valence-electron chi connectivity index (χ1n) is 6.67. The minimum absolute atomic E-state index is 0.163. The number of likely N-dealkylation sites (N-methyl/N-ethyl adjacent to an activating group) is 1. The molecule has 2 nitrogen and oxygen atoms in total. The zero-order valence-electron chi connectivity index (χ0n) is 11.8. The van der Waals surface area contributed by atoms with Crippen LogP contribution < -0.4 is 5.32 Å². The van der Waals surface area contributed by atoms with Crippen molar-refractivity contribution in [3.63, 3.8) is 0 Å². The predicted octanol–water partition coefficient (Wildman–Crippen LogP) is 4.20. The number of methoxy groups -OCH3 is 1. The zero-order chi connectivity index (χ0) is 13.6. The average Bonchev–Trinajstić information content (AvgIpc) is 2.41. The van der Waals surface area contributed by atoms with Crippen molar-refractivity contribution in [3.8, 4) is 0 Å². The lowest BCUT2D eigenvalue weighted by molar-refractivity contribution is -0.0482. The molecule has 1 N–H and O–H groups in total. The summed E-state index contributed by atoms with van der Waals surface area (Å²) in [6, 6.07) is 8.23. The van der Waals surface area contributed by atoms with Crippen LogP contribution in [0.15, 0.2) is 24.3 Å². The first kappa shape index (κ1) is 15.5. The molecule has 0 saturated carbocycles. The molecule has 18 heavy (non-hydrogen) atoms. The molecule has 0 aliphatic heterocycles. The molecule has 0 fully saturated rings. The van der Waals surface area contributed by atoms with Crippen LogP contribution in [0.5, 0.6) is 0 Å². The van der Waals surface area contributed by atoms with Gasteiger partial charge in [-0.2, -0.15) is 0 Å². The van der Waals surface area contributed by atoms with Crippen LogP contribution in [-0.4, -0.2) is 19.3 Å². The molecule has 102 valence electrons. The summed E-state index contributed by atoms with van der Waals surface area (Å²) in [6.07, 6.45) is 1.95. The van der Waals surface area contributed by atoms with E-state index in [9.17, 15) is 0 Å². The van der Waals surface area contributed by atoms with Gasteiger partial charge in [0.25, 0.3) is 0 Å². The molecule has 1 atom stereocenters. The van der Waals surface area contributed by atoms with Gasteiger partial charge >= 0.3 is 0 Å². The SMILES string of the molecule is CCNC(c1ccc(Cl)cc1)C(CC)(CC)OC. The van der Waals surface area contributed by atoms with E-state index >= 15 is 0 Å². The third-order valence-corrected chi connectivity index (χ3v) is 3.99. The molecule has 0 aromatic heterocycles. The smallest absolute Gasteiger partial charge is 0.0867 e. The van der Waals surface area contributed by atoms with Gasteiger partial charge in [0.2, 0.25) is 0 Å². The van der Waals surface area contributed by atoms with E-state index in [1.54, 1.807) is 7.11 Å². The summed E-state index contributed by atoms with van der Waals surface area (Å²) in [5.74, 6) is 0. The number of rotatable bonds is 7. The van der Waals surface area contributed by atoms with Crippen molar-refractivity contribution in [2.45, 2.75) is 45.3 Å². The van der Waals surface area contributed by atoms with Crippen molar-refractivity contribution in [1.82, 2.24) is 5.32 Å². The maximum absolute atomic E-state index is 5.96. The minimum atomic E-state index is -0.163. The minimum Gasteiger partial charge on any atom is -0.376 e. The van der Waals surface area contributed by atoms with E-state index in [4.69, 9.17) is 16.3 Å². The lowest BCUT2D eigenvalue weighted by atomic mass is 9.83. The molecule has 1 aromatic rings. The molecule has 0 heterocycles. The molecular weight excluding hydrogens is 246 g/mol. The normalized spacial score (nSPS) is 13.6. The summed E-state index contributed by atoms with van der Waals surface area (Å²) < 4.78 is 5.84. The monoisotopic (exact) mass is 269 g/mol. The second kappa shape index (κ2) is 7.13. The number of halogens is 1. The summed E-state index contributed by atoms with van der Waals surface area (Å²) >= 11 is 5.96. The Morgan fingerprint density at radius 1 is 1.17 bits per heavy atom. The van der Waals surface area contributed by atoms with Gasteiger partial charge in [0.05, 0.1) is 11.6 Å². The quantitative estimate of drug-likeness (QED) is 0.801. The molecule has 0 spiro atoms. The second-order valence-corrected chi connectivity index (χ2v) is 4.95. The number of hydrogen-bond donors (Lipinski definition) is 1. The van der Waals surface area contributed by atoms with E-state index in [1.807, 2.05) is 12.1 Å². The van der Waals surface area contributed by atoms with Crippen molar-refractivity contribution >= 4 is 11.6 Å². The highest BCUT2D eigenvalue weighted by Gasteiger charge is 2.36. The first-order valence-corrected chi connectivity index (χ1v) is 7.05. The number of hydrogen-bond acceptors (Lipinski definition) is 2. The molecule has 1 aromatic carbocycles. The summed E-state index contributed by atoms with van der Waals surface area (Å²) in [4.78, 5) is 0. The molecular formula is C15H24ClNO. The fourth-order valence-corrected chi connectivity index (χ4v) is 2.66. The molecule has 0 aliphatic rings. The van der Waals surface area contributed by atoms with Gasteiger partial charge in [0.1, 0.15) is 0 Å². The van der Waals surface area contributed by atoms with E-state index in [2.05, 4.69) is 38.2 Å². The summed E-state index contributed by atoms with van der Waals surface area (Å²) in [7, 11) is 1.80. The van der Waals surface area contributed by atoms with Gasteiger partial charge in [-0.1, -0.05) is 44.5 Å². The summed E-state index contributed by atoms with van der Waals surface area (Å²) in [5, 5.41) is 4.31. The van der Waals surface area contributed by atoms with Gasteiger partial charge in [-0.25, -0.2) is 0 Å². The lowest BCUT2D eigenvalue weighted by Crippen LogP contribution is -2.44. The fraction of sp³-hybridized carbons (Fsp3) is 0.600. The highest BCUT2D eigenvalue weighted by atomic mass is 35.5. The Hall–Kier alpha value is -0.570. The Kier molecular flexibility index (Phi) is 6.13. The number of benzene rings is 1. The largest absolute Gasteiger partial charge is 0.376 e. The van der Waals surface area contributed by atoms with Crippen LogP contribution in [-0.2, 0) is 4.74 Å². The first-order chi connectivity index (χ1) is 8.63. The molecule has 0 radical (unpaired) electrons. The van der Waals surface area contributed by atoms with Crippen molar-refractivity contribution in [1.29, 1.82) is 0 Å². The van der Waals surface area contributed by atoms with Crippen LogP contribution in [0.3, 0.4) is 0 Å². The lowest BCUT2D eigenvalue weighted by Gasteiger charge is -2.39. The standard InChI is InChI=1S/C15H24ClNO/c1-5-15(6-2,18-4)14(17-7-3)12-8-10-13(16)11-9-12/h8-11,14,17H,5-7H2,1-4H3. The maximum atomic E-state index is 5.96. The Bertz CT molecular complexity index is 338. The highest BCUT2D eigenvalue weighted by molar-refractivity contribution is 6.30. The molecule has 1 rings (SSSR count). The number of ether oxygens (including phenoxy) is 1. The Morgan fingerprint density at radius 2 is 1.72 bits per heavy atom. The summed E-state index contributed by atoms with van der Waals surface area (Å²) in [5.41, 5.74) is 1.07. The third-order valence-electron chi connectivity index (χ3n) is 3.74. The van der Waals surface area contributed by atoms with E-state index < -0.39 is 0 Å². The van der Waals surface area contributed by atoms with Crippen LogP contribution in [0.2, 0.25) is 5.02 Å². The fourth-order valence-electron chi connectivity index (χ4n) is 2.53. The average molecular weight is 270 g/mol. The topological polar surface area (TPSA) is 21.3 Å². The van der Waals surface area contributed by atoms with E-state index in [1.165, 1.54) is 5.56 Å². The molecule has 0 amide bonds. The molecule has 1 unspecified atom stereocenters. The third kappa shape index (κ3) is 3.25. The number of nitrogens with one attached hydrogen (secondary N) is 1. The van der Waals surface area contributed by atoms with Gasteiger partial charge < -0.3 is 10.1 Å². The molecule has 0 saturated heterocycles. The molecule has 0 bridgehead atoms. The van der Waals surface area contributed by atoms with Gasteiger partial charge in [-0.3, -0.25) is 0 Å². The van der Waals surface area contributed by atoms with Crippen molar-refractivity contribution < 1.29 is 4.74 Å². The van der Waals surface area contributed by atoms with Crippen LogP contribution in [0.4, 0.5) is 0 Å². The van der Waals surface area contributed by atoms with E-state index in [-0.39, 0.29) is 11.6 Å². The summed E-state index contributed by atoms with van der Waals surface area (Å²) in [6.45, 7) is 7.38. The van der Waals surface area contributed by atoms with Crippen molar-refractivity contribution in [2.24, 2.45) is 0 Å². The Balaban J connectivity index is 3.11. The van der Waals surface area contributed by atoms with Crippen LogP contribution in [0.25, 0.3) is 0 Å². The van der Waals surface area contributed by atoms with Gasteiger partial charge in [-0.15, -0.1) is 0 Å². The van der Waals surface area contributed by atoms with E-state index in [0.717, 1.165) is 24.4 Å². The molecule has 0 aliphatic carbocycles. The highest BCUT2D eigenvalue weighted by Crippen LogP contribution is 2.35. The predicted molar refractivity (Wildman–Crippen MR) is 78.2 cm³/mol. The van der Waals surface area contributed by atoms with E-state index in [0.29, 0.717) is 0 Å². The van der Waals surface area contributed by atoms with Gasteiger partial charge in [-0.05, 0) is 37.1 Å². The zero-order valence-corrected chi connectivity index (χ0v) is 12.6. The second-order valence-electron chi connectivity index (χ2n) is 4.52. The Labute approximate surface area is 116 Å². The van der Waals surface area contributed by atoms with Gasteiger partial charge in [0.15, 0.2) is 0 Å². The van der Waals surface area contributed by atoms with Crippen LogP contribution in [0, 0.1) is 0 Å². The Morgan fingerprint density at radius 3 is 2.11 bits per heavy atom.